The third kappa shape index (κ3) is 4.98. The number of amides is 2. The monoisotopic (exact) mass is 421 g/mol. The van der Waals surface area contributed by atoms with E-state index in [0.29, 0.717) is 24.4 Å². The molecule has 1 N–H and O–H groups in total. The Kier molecular flexibility index (Phi) is 6.28. The highest BCUT2D eigenvalue weighted by Gasteiger charge is 2.33. The van der Waals surface area contributed by atoms with Gasteiger partial charge in [-0.2, -0.15) is 4.31 Å². The van der Waals surface area contributed by atoms with Crippen LogP contribution in [0.3, 0.4) is 0 Å². The van der Waals surface area contributed by atoms with Gasteiger partial charge in [-0.1, -0.05) is 5.16 Å². The Balaban J connectivity index is 1.52. The summed E-state index contributed by atoms with van der Waals surface area (Å²) in [6, 6.07) is 4.66. The summed E-state index contributed by atoms with van der Waals surface area (Å²) in [6.45, 7) is 2.07. The van der Waals surface area contributed by atoms with Crippen LogP contribution in [0.15, 0.2) is 40.0 Å². The van der Waals surface area contributed by atoms with Gasteiger partial charge >= 0.3 is 0 Å². The number of rotatable bonds is 6. The summed E-state index contributed by atoms with van der Waals surface area (Å²) in [7, 11) is -2.07. The zero-order chi connectivity index (χ0) is 21.0. The summed E-state index contributed by atoms with van der Waals surface area (Å²) >= 11 is 0. The largest absolute Gasteiger partial charge is 0.360 e. The maximum absolute atomic E-state index is 12.7. The van der Waals surface area contributed by atoms with Crippen LogP contribution >= 0.6 is 0 Å². The van der Waals surface area contributed by atoms with Gasteiger partial charge in [0, 0.05) is 44.5 Å². The number of nitrogens with one attached hydrogen (secondary N) is 1. The molecule has 11 heteroatoms. The molecule has 0 bridgehead atoms. The average molecular weight is 421 g/mol. The zero-order valence-corrected chi connectivity index (χ0v) is 17.1. The standard InChI is InChI=1S/C18H23N5O5S/c1-13-10-16(21-28-13)20-17(24)12-22(2)18(25)14-5-8-23(9-6-14)29(26,27)15-4-3-7-19-11-15/h3-4,7,10-11,14H,5-6,8-9,12H2,1-2H3,(H,20,21,24). The van der Waals surface area contributed by atoms with Crippen molar-refractivity contribution in [3.63, 3.8) is 0 Å². The predicted molar refractivity (Wildman–Crippen MR) is 103 cm³/mol. The third-order valence-corrected chi connectivity index (χ3v) is 6.61. The van der Waals surface area contributed by atoms with Crippen LogP contribution in [0.1, 0.15) is 18.6 Å². The third-order valence-electron chi connectivity index (χ3n) is 4.73. The molecule has 2 aromatic rings. The van der Waals surface area contributed by atoms with E-state index in [9.17, 15) is 18.0 Å². The first-order valence-corrected chi connectivity index (χ1v) is 10.6. The van der Waals surface area contributed by atoms with E-state index in [0.717, 1.165) is 0 Å². The number of carbonyl (C=O) groups excluding carboxylic acids is 2. The molecule has 156 valence electrons. The highest BCUT2D eigenvalue weighted by atomic mass is 32.2. The Morgan fingerprint density at radius 2 is 2.07 bits per heavy atom. The summed E-state index contributed by atoms with van der Waals surface area (Å²) in [4.78, 5) is 30.1. The summed E-state index contributed by atoms with van der Waals surface area (Å²) in [5.74, 6) is -0.0388. The predicted octanol–water partition coefficient (Wildman–Crippen LogP) is 0.876. The number of carbonyl (C=O) groups is 2. The summed E-state index contributed by atoms with van der Waals surface area (Å²) in [6.07, 6.45) is 3.62. The van der Waals surface area contributed by atoms with Crippen molar-refractivity contribution < 1.29 is 22.5 Å². The van der Waals surface area contributed by atoms with Gasteiger partial charge in [0.25, 0.3) is 0 Å². The Morgan fingerprint density at radius 1 is 1.34 bits per heavy atom. The first-order valence-electron chi connectivity index (χ1n) is 9.15. The molecule has 10 nitrogen and oxygen atoms in total. The van der Waals surface area contributed by atoms with Crippen molar-refractivity contribution in [2.75, 3.05) is 32.0 Å². The van der Waals surface area contributed by atoms with Crippen molar-refractivity contribution in [2.24, 2.45) is 5.92 Å². The van der Waals surface area contributed by atoms with Crippen molar-refractivity contribution >= 4 is 27.7 Å². The van der Waals surface area contributed by atoms with Gasteiger partial charge in [-0.15, -0.1) is 0 Å². The molecule has 1 aliphatic rings. The molecule has 0 radical (unpaired) electrons. The molecular formula is C18H23N5O5S. The van der Waals surface area contributed by atoms with Crippen LogP contribution in [-0.2, 0) is 19.6 Å². The van der Waals surface area contributed by atoms with E-state index in [1.807, 2.05) is 0 Å². The first kappa shape index (κ1) is 20.9. The highest BCUT2D eigenvalue weighted by Crippen LogP contribution is 2.24. The van der Waals surface area contributed by atoms with Gasteiger partial charge in [-0.05, 0) is 31.9 Å². The maximum Gasteiger partial charge on any atom is 0.245 e. The normalized spacial score (nSPS) is 15.8. The van der Waals surface area contributed by atoms with Gasteiger partial charge in [-0.3, -0.25) is 14.6 Å². The number of aryl methyl sites for hydroxylation is 1. The minimum atomic E-state index is -3.62. The molecule has 29 heavy (non-hydrogen) atoms. The van der Waals surface area contributed by atoms with Crippen LogP contribution in [0.5, 0.6) is 0 Å². The molecule has 3 rings (SSSR count). The molecule has 0 saturated carbocycles. The van der Waals surface area contributed by atoms with E-state index in [1.165, 1.54) is 27.7 Å². The summed E-state index contributed by atoms with van der Waals surface area (Å²) in [5, 5.41) is 6.24. The lowest BCUT2D eigenvalue weighted by molar-refractivity contribution is -0.138. The fourth-order valence-corrected chi connectivity index (χ4v) is 4.64. The van der Waals surface area contributed by atoms with Crippen LogP contribution in [0, 0.1) is 12.8 Å². The van der Waals surface area contributed by atoms with Crippen molar-refractivity contribution in [2.45, 2.75) is 24.7 Å². The average Bonchev–Trinajstić information content (AvgIpc) is 3.12. The van der Waals surface area contributed by atoms with E-state index >= 15 is 0 Å². The molecule has 0 aromatic carbocycles. The minimum Gasteiger partial charge on any atom is -0.360 e. The van der Waals surface area contributed by atoms with Crippen LogP contribution in [0.2, 0.25) is 0 Å². The lowest BCUT2D eigenvalue weighted by Crippen LogP contribution is -2.45. The van der Waals surface area contributed by atoms with Gasteiger partial charge in [-0.25, -0.2) is 8.42 Å². The van der Waals surface area contributed by atoms with E-state index in [-0.39, 0.29) is 42.3 Å². The van der Waals surface area contributed by atoms with E-state index in [1.54, 1.807) is 26.1 Å². The number of piperidine rings is 1. The van der Waals surface area contributed by atoms with Crippen molar-refractivity contribution in [1.82, 2.24) is 19.3 Å². The topological polar surface area (TPSA) is 126 Å². The van der Waals surface area contributed by atoms with E-state index < -0.39 is 10.0 Å². The Labute approximate surface area is 168 Å². The number of hydrogen-bond donors (Lipinski definition) is 1. The van der Waals surface area contributed by atoms with Crippen LogP contribution < -0.4 is 5.32 Å². The van der Waals surface area contributed by atoms with Gasteiger partial charge in [0.15, 0.2) is 5.82 Å². The number of likely N-dealkylation sites (N-methyl/N-ethyl adjacent to an activating group) is 1. The number of sulfonamides is 1. The fraction of sp³-hybridized carbons (Fsp3) is 0.444. The quantitative estimate of drug-likeness (QED) is 0.734. The summed E-state index contributed by atoms with van der Waals surface area (Å²) in [5.41, 5.74) is 0. The summed E-state index contributed by atoms with van der Waals surface area (Å²) < 4.78 is 31.5. The first-order chi connectivity index (χ1) is 13.8. The van der Waals surface area contributed by atoms with Crippen molar-refractivity contribution in [1.29, 1.82) is 0 Å². The van der Waals surface area contributed by atoms with Gasteiger partial charge in [0.1, 0.15) is 10.7 Å². The van der Waals surface area contributed by atoms with E-state index in [4.69, 9.17) is 4.52 Å². The fourth-order valence-electron chi connectivity index (χ4n) is 3.20. The second kappa shape index (κ2) is 8.70. The van der Waals surface area contributed by atoms with Crippen molar-refractivity contribution in [3.05, 3.63) is 36.4 Å². The second-order valence-corrected chi connectivity index (χ2v) is 8.87. The van der Waals surface area contributed by atoms with Crippen LogP contribution in [-0.4, -0.2) is 66.3 Å². The highest BCUT2D eigenvalue weighted by molar-refractivity contribution is 7.89. The molecule has 0 unspecified atom stereocenters. The van der Waals surface area contributed by atoms with Gasteiger partial charge < -0.3 is 14.7 Å². The lowest BCUT2D eigenvalue weighted by atomic mass is 9.97. The smallest absolute Gasteiger partial charge is 0.245 e. The lowest BCUT2D eigenvalue weighted by Gasteiger charge is -2.32. The molecule has 1 saturated heterocycles. The number of aromatic nitrogens is 2. The number of pyridine rings is 1. The number of hydrogen-bond acceptors (Lipinski definition) is 7. The molecule has 0 aliphatic carbocycles. The second-order valence-electron chi connectivity index (χ2n) is 6.93. The molecule has 1 fully saturated rings. The van der Waals surface area contributed by atoms with Gasteiger partial charge in [0.2, 0.25) is 21.8 Å². The molecule has 0 atom stereocenters. The molecule has 2 aromatic heterocycles. The zero-order valence-electron chi connectivity index (χ0n) is 16.2. The molecule has 3 heterocycles. The number of anilines is 1. The Morgan fingerprint density at radius 3 is 2.66 bits per heavy atom. The van der Waals surface area contributed by atoms with E-state index in [2.05, 4.69) is 15.5 Å². The van der Waals surface area contributed by atoms with Gasteiger partial charge in [0.05, 0.1) is 6.54 Å². The molecular weight excluding hydrogens is 398 g/mol. The maximum atomic E-state index is 12.7. The molecule has 0 spiro atoms. The molecule has 2 amide bonds. The number of nitrogens with zero attached hydrogens (tertiary/aromatic N) is 4. The Bertz CT molecular complexity index is 968. The van der Waals surface area contributed by atoms with Crippen LogP contribution in [0.25, 0.3) is 0 Å². The minimum absolute atomic E-state index is 0.126. The van der Waals surface area contributed by atoms with Crippen LogP contribution in [0.4, 0.5) is 5.82 Å². The Hall–Kier alpha value is -2.79. The van der Waals surface area contributed by atoms with Crippen molar-refractivity contribution in [3.8, 4) is 0 Å². The SMILES string of the molecule is Cc1cc(NC(=O)CN(C)C(=O)C2CCN(S(=O)(=O)c3cccnc3)CC2)no1. The molecule has 1 aliphatic heterocycles.